The van der Waals surface area contributed by atoms with Crippen molar-refractivity contribution < 1.29 is 18.0 Å². The largest absolute Gasteiger partial charge is 0.416 e. The predicted molar refractivity (Wildman–Crippen MR) is 73.2 cm³/mol. The van der Waals surface area contributed by atoms with E-state index < -0.39 is 11.7 Å². The van der Waals surface area contributed by atoms with Gasteiger partial charge in [-0.05, 0) is 41.1 Å². The highest BCUT2D eigenvalue weighted by atomic mass is 79.9. The highest BCUT2D eigenvalue weighted by Crippen LogP contribution is 2.34. The van der Waals surface area contributed by atoms with Gasteiger partial charge in [-0.1, -0.05) is 6.07 Å². The van der Waals surface area contributed by atoms with Crippen molar-refractivity contribution in [2.45, 2.75) is 13.1 Å². The second kappa shape index (κ2) is 5.12. The smallest absolute Gasteiger partial charge is 0.358 e. The van der Waals surface area contributed by atoms with Crippen LogP contribution in [-0.4, -0.2) is 24.4 Å². The van der Waals surface area contributed by atoms with E-state index in [-0.39, 0.29) is 18.1 Å². The molecule has 0 fully saturated rings. The minimum atomic E-state index is -4.43. The molecular formula is C13H12BrF3N2O. The van der Waals surface area contributed by atoms with Gasteiger partial charge in [0.05, 0.1) is 17.8 Å². The molecule has 0 saturated heterocycles. The van der Waals surface area contributed by atoms with Crippen LogP contribution < -0.4 is 4.90 Å². The molecule has 20 heavy (non-hydrogen) atoms. The maximum atomic E-state index is 12.7. The number of hydrogen-bond acceptors (Lipinski definition) is 2. The number of anilines is 1. The predicted octanol–water partition coefficient (Wildman–Crippen LogP) is 3.57. The second-order valence-electron chi connectivity index (χ2n) is 4.51. The summed E-state index contributed by atoms with van der Waals surface area (Å²) in [5, 5.41) is 0. The quantitative estimate of drug-likeness (QED) is 0.724. The number of likely N-dealkylation sites (N-methyl/N-ethyl adjacent to an activating group) is 1. The third-order valence-corrected chi connectivity index (χ3v) is 4.20. The molecule has 0 unspecified atom stereocenters. The van der Waals surface area contributed by atoms with Gasteiger partial charge in [-0.2, -0.15) is 13.2 Å². The molecule has 0 aliphatic carbocycles. The minimum Gasteiger partial charge on any atom is -0.358 e. The second-order valence-corrected chi connectivity index (χ2v) is 5.26. The first kappa shape index (κ1) is 14.9. The molecule has 1 amide bonds. The fourth-order valence-corrected chi connectivity index (χ4v) is 2.36. The van der Waals surface area contributed by atoms with Crippen LogP contribution in [0.3, 0.4) is 0 Å². The molecule has 0 radical (unpaired) electrons. The molecule has 1 aliphatic rings. The summed E-state index contributed by atoms with van der Waals surface area (Å²) in [5.41, 5.74) is 0.00102. The highest BCUT2D eigenvalue weighted by Gasteiger charge is 2.33. The van der Waals surface area contributed by atoms with Crippen LogP contribution in [0.4, 0.5) is 18.9 Å². The highest BCUT2D eigenvalue weighted by molar-refractivity contribution is 9.11. The van der Waals surface area contributed by atoms with E-state index in [1.807, 2.05) is 0 Å². The summed E-state index contributed by atoms with van der Waals surface area (Å²) in [6.45, 7) is 1.78. The zero-order chi connectivity index (χ0) is 15.1. The maximum absolute atomic E-state index is 12.7. The summed E-state index contributed by atoms with van der Waals surface area (Å²) < 4.78 is 38.9. The summed E-state index contributed by atoms with van der Waals surface area (Å²) in [6.07, 6.45) is -4.43. The van der Waals surface area contributed by atoms with Gasteiger partial charge in [-0.15, -0.1) is 0 Å². The Morgan fingerprint density at radius 3 is 2.55 bits per heavy atom. The van der Waals surface area contributed by atoms with Crippen molar-refractivity contribution in [2.75, 3.05) is 18.5 Å². The van der Waals surface area contributed by atoms with Crippen molar-refractivity contribution in [3.63, 3.8) is 0 Å². The molecule has 3 nitrogen and oxygen atoms in total. The lowest BCUT2D eigenvalue weighted by molar-refractivity contribution is -0.137. The van der Waals surface area contributed by atoms with Crippen LogP contribution in [-0.2, 0) is 11.0 Å². The van der Waals surface area contributed by atoms with Gasteiger partial charge < -0.3 is 4.90 Å². The molecule has 0 N–H and O–H groups in total. The van der Waals surface area contributed by atoms with Crippen molar-refractivity contribution >= 4 is 27.5 Å². The van der Waals surface area contributed by atoms with Gasteiger partial charge in [0.15, 0.2) is 0 Å². The summed E-state index contributed by atoms with van der Waals surface area (Å²) in [6, 6.07) is 4.75. The van der Waals surface area contributed by atoms with E-state index in [0.717, 1.165) is 12.1 Å². The standard InChI is InChI=1S/C13H12BrF3N2O/c1-8-12(14)18(2)7-11(20)19(8)10-5-3-4-9(6-10)13(15,16)17/h3-6H,7H2,1-2H3. The van der Waals surface area contributed by atoms with Crippen molar-refractivity contribution in [1.82, 2.24) is 4.90 Å². The van der Waals surface area contributed by atoms with Gasteiger partial charge in [0.1, 0.15) is 4.61 Å². The normalized spacial score (nSPS) is 17.0. The molecule has 1 aromatic rings. The lowest BCUT2D eigenvalue weighted by atomic mass is 10.1. The fraction of sp³-hybridized carbons (Fsp3) is 0.308. The van der Waals surface area contributed by atoms with Crippen molar-refractivity contribution in [3.05, 3.63) is 40.1 Å². The van der Waals surface area contributed by atoms with E-state index >= 15 is 0 Å². The van der Waals surface area contributed by atoms with Crippen molar-refractivity contribution in [3.8, 4) is 0 Å². The zero-order valence-electron chi connectivity index (χ0n) is 10.8. The van der Waals surface area contributed by atoms with E-state index in [4.69, 9.17) is 0 Å². The third kappa shape index (κ3) is 2.67. The van der Waals surface area contributed by atoms with Crippen LogP contribution in [0.15, 0.2) is 34.6 Å². The first-order chi connectivity index (χ1) is 9.21. The number of nitrogens with zero attached hydrogens (tertiary/aromatic N) is 2. The Kier molecular flexibility index (Phi) is 3.82. The lowest BCUT2D eigenvalue weighted by Crippen LogP contribution is -2.43. The number of rotatable bonds is 1. The Hall–Kier alpha value is -1.50. The van der Waals surface area contributed by atoms with Crippen molar-refractivity contribution in [2.24, 2.45) is 0 Å². The summed E-state index contributed by atoms with van der Waals surface area (Å²) in [4.78, 5) is 15.1. The zero-order valence-corrected chi connectivity index (χ0v) is 12.4. The lowest BCUT2D eigenvalue weighted by Gasteiger charge is -2.34. The number of halogens is 4. The first-order valence-corrected chi connectivity index (χ1v) is 6.59. The maximum Gasteiger partial charge on any atom is 0.416 e. The average molecular weight is 349 g/mol. The van der Waals surface area contributed by atoms with E-state index in [2.05, 4.69) is 15.9 Å². The summed E-state index contributed by atoms with van der Waals surface area (Å²) in [5.74, 6) is -0.271. The molecule has 0 spiro atoms. The molecule has 1 aliphatic heterocycles. The number of carbonyl (C=O) groups excluding carboxylic acids is 1. The van der Waals surface area contributed by atoms with Gasteiger partial charge in [0.25, 0.3) is 5.91 Å². The van der Waals surface area contributed by atoms with Crippen LogP contribution in [0.2, 0.25) is 0 Å². The Morgan fingerprint density at radius 1 is 1.30 bits per heavy atom. The van der Waals surface area contributed by atoms with Crippen LogP contribution >= 0.6 is 15.9 Å². The van der Waals surface area contributed by atoms with E-state index in [9.17, 15) is 18.0 Å². The van der Waals surface area contributed by atoms with E-state index in [1.54, 1.807) is 18.9 Å². The Labute approximate surface area is 122 Å². The number of allylic oxidation sites excluding steroid dienone is 1. The van der Waals surface area contributed by atoms with Crippen LogP contribution in [0.25, 0.3) is 0 Å². The molecule has 1 aromatic carbocycles. The molecule has 2 rings (SSSR count). The Morgan fingerprint density at radius 2 is 1.95 bits per heavy atom. The topological polar surface area (TPSA) is 23.6 Å². The summed E-state index contributed by atoms with van der Waals surface area (Å²) in [7, 11) is 1.73. The molecule has 0 atom stereocenters. The summed E-state index contributed by atoms with van der Waals surface area (Å²) >= 11 is 3.33. The van der Waals surface area contributed by atoms with E-state index in [0.29, 0.717) is 10.3 Å². The third-order valence-electron chi connectivity index (χ3n) is 3.02. The number of benzene rings is 1. The molecule has 7 heteroatoms. The van der Waals surface area contributed by atoms with E-state index in [1.165, 1.54) is 17.0 Å². The number of hydrogen-bond donors (Lipinski definition) is 0. The number of amides is 1. The fourth-order valence-electron chi connectivity index (χ4n) is 2.06. The Balaban J connectivity index is 2.48. The van der Waals surface area contributed by atoms with Gasteiger partial charge >= 0.3 is 6.18 Å². The minimum absolute atomic E-state index is 0.105. The molecule has 108 valence electrons. The van der Waals surface area contributed by atoms with Gasteiger partial charge in [0, 0.05) is 12.7 Å². The van der Waals surface area contributed by atoms with Gasteiger partial charge in [-0.3, -0.25) is 9.69 Å². The molecular weight excluding hydrogens is 337 g/mol. The molecule has 0 saturated carbocycles. The SMILES string of the molecule is CC1=C(Br)N(C)CC(=O)N1c1cccc(C(F)(F)F)c1. The first-order valence-electron chi connectivity index (χ1n) is 5.79. The van der Waals surface area contributed by atoms with Crippen LogP contribution in [0.5, 0.6) is 0 Å². The molecule has 0 bridgehead atoms. The van der Waals surface area contributed by atoms with Crippen LogP contribution in [0.1, 0.15) is 12.5 Å². The molecule has 1 heterocycles. The number of alkyl halides is 3. The number of carbonyl (C=O) groups is 1. The van der Waals surface area contributed by atoms with Gasteiger partial charge in [-0.25, -0.2) is 0 Å². The monoisotopic (exact) mass is 348 g/mol. The van der Waals surface area contributed by atoms with Crippen LogP contribution in [0, 0.1) is 0 Å². The van der Waals surface area contributed by atoms with Gasteiger partial charge in [0.2, 0.25) is 0 Å². The molecule has 0 aromatic heterocycles. The average Bonchev–Trinajstić information content (AvgIpc) is 2.35. The van der Waals surface area contributed by atoms with Crippen molar-refractivity contribution in [1.29, 1.82) is 0 Å². The Bertz CT molecular complexity index is 583.